The molecule has 0 radical (unpaired) electrons. The van der Waals surface area contributed by atoms with Crippen molar-refractivity contribution in [3.8, 4) is 6.01 Å². The van der Waals surface area contributed by atoms with E-state index in [0.29, 0.717) is 10.8 Å². The van der Waals surface area contributed by atoms with E-state index in [9.17, 15) is 0 Å². The van der Waals surface area contributed by atoms with E-state index in [2.05, 4.69) is 37.7 Å². The minimum Gasteiger partial charge on any atom is -0.467 e. The molecule has 0 aliphatic rings. The topological polar surface area (TPSA) is 52.8 Å². The maximum atomic E-state index is 5.97. The van der Waals surface area contributed by atoms with Gasteiger partial charge in [0.05, 0.1) is 35.4 Å². The molecule has 2 rings (SSSR count). The second-order valence-electron chi connectivity index (χ2n) is 2.35. The molecule has 0 aromatic carbocycles. The van der Waals surface area contributed by atoms with Gasteiger partial charge in [-0.15, -0.1) is 0 Å². The van der Waals surface area contributed by atoms with Crippen LogP contribution in [0.4, 0.5) is 0 Å². The standard InChI is InChI=1S/C6H3ClI2N4O/c1-14-6-10-3(7)2-4(8)12-13(9)5(2)11-6/h1H3. The number of rotatable bonds is 1. The number of nitrogens with zero attached hydrogens (tertiary/aromatic N) is 4. The van der Waals surface area contributed by atoms with Crippen molar-refractivity contribution in [1.82, 2.24) is 18.0 Å². The van der Waals surface area contributed by atoms with Gasteiger partial charge < -0.3 is 4.74 Å². The summed E-state index contributed by atoms with van der Waals surface area (Å²) in [6.07, 6.45) is 0. The molecule has 8 heteroatoms. The van der Waals surface area contributed by atoms with Crippen LogP contribution in [0.5, 0.6) is 6.01 Å². The van der Waals surface area contributed by atoms with Gasteiger partial charge in [-0.1, -0.05) is 11.6 Å². The number of methoxy groups -OCH3 is 1. The summed E-state index contributed by atoms with van der Waals surface area (Å²) in [7, 11) is 1.50. The molecule has 0 amide bonds. The van der Waals surface area contributed by atoms with Crippen LogP contribution in [0, 0.1) is 3.70 Å². The highest BCUT2D eigenvalue weighted by Crippen LogP contribution is 2.27. The highest BCUT2D eigenvalue weighted by Gasteiger charge is 2.15. The van der Waals surface area contributed by atoms with Crippen molar-refractivity contribution in [3.05, 3.63) is 8.85 Å². The zero-order chi connectivity index (χ0) is 10.3. The number of halogens is 3. The molecule has 2 aromatic rings. The van der Waals surface area contributed by atoms with Crippen LogP contribution in [0.15, 0.2) is 0 Å². The van der Waals surface area contributed by atoms with Gasteiger partial charge in [0.2, 0.25) is 0 Å². The van der Waals surface area contributed by atoms with Gasteiger partial charge in [-0.3, -0.25) is 0 Å². The molecular formula is C6H3ClI2N4O. The fraction of sp³-hybridized carbons (Fsp3) is 0.167. The van der Waals surface area contributed by atoms with Gasteiger partial charge in [-0.2, -0.15) is 18.0 Å². The number of fused-ring (bicyclic) bond motifs is 1. The fourth-order valence-corrected chi connectivity index (χ4v) is 3.08. The number of hydrogen-bond acceptors (Lipinski definition) is 4. The normalized spacial score (nSPS) is 10.9. The minimum atomic E-state index is 0.247. The van der Waals surface area contributed by atoms with Gasteiger partial charge in [-0.05, 0) is 22.6 Å². The summed E-state index contributed by atoms with van der Waals surface area (Å²) < 4.78 is 7.31. The molecule has 0 bridgehead atoms. The first-order valence-corrected chi connectivity index (χ1v) is 5.87. The Kier molecular flexibility index (Phi) is 2.98. The maximum absolute atomic E-state index is 5.97. The third kappa shape index (κ3) is 1.65. The Balaban J connectivity index is 2.86. The first kappa shape index (κ1) is 10.6. The number of aromatic nitrogens is 4. The lowest BCUT2D eigenvalue weighted by Crippen LogP contribution is -1.94. The van der Waals surface area contributed by atoms with E-state index < -0.39 is 0 Å². The zero-order valence-corrected chi connectivity index (χ0v) is 11.9. The van der Waals surface area contributed by atoms with Crippen LogP contribution in [0.1, 0.15) is 0 Å². The molecule has 0 N–H and O–H groups in total. The van der Waals surface area contributed by atoms with Gasteiger partial charge in [0.1, 0.15) is 8.85 Å². The molecule has 14 heavy (non-hydrogen) atoms. The van der Waals surface area contributed by atoms with Crippen molar-refractivity contribution in [1.29, 1.82) is 0 Å². The Bertz CT molecular complexity index is 500. The van der Waals surface area contributed by atoms with Crippen LogP contribution in [0.2, 0.25) is 5.15 Å². The molecule has 0 aliphatic heterocycles. The first-order chi connectivity index (χ1) is 6.63. The van der Waals surface area contributed by atoms with E-state index >= 15 is 0 Å². The number of ether oxygens (including phenoxy) is 1. The summed E-state index contributed by atoms with van der Waals surface area (Å²) in [5.41, 5.74) is 0.659. The molecule has 0 aliphatic carbocycles. The van der Waals surface area contributed by atoms with Crippen LogP contribution < -0.4 is 4.74 Å². The predicted molar refractivity (Wildman–Crippen MR) is 69.0 cm³/mol. The molecule has 0 spiro atoms. The highest BCUT2D eigenvalue weighted by atomic mass is 127. The lowest BCUT2D eigenvalue weighted by molar-refractivity contribution is 0.381. The van der Waals surface area contributed by atoms with Crippen molar-refractivity contribution in [2.75, 3.05) is 7.11 Å². The fourth-order valence-electron chi connectivity index (χ4n) is 0.980. The zero-order valence-electron chi connectivity index (χ0n) is 6.83. The lowest BCUT2D eigenvalue weighted by atomic mass is 10.4. The summed E-state index contributed by atoms with van der Waals surface area (Å²) in [5, 5.41) is 5.29. The van der Waals surface area contributed by atoms with Gasteiger partial charge in [0.15, 0.2) is 5.65 Å². The van der Waals surface area contributed by atoms with Gasteiger partial charge in [0, 0.05) is 0 Å². The summed E-state index contributed by atoms with van der Waals surface area (Å²) in [6, 6.07) is 0.247. The summed E-state index contributed by atoms with van der Waals surface area (Å²) in [6.45, 7) is 0. The van der Waals surface area contributed by atoms with Crippen molar-refractivity contribution in [2.45, 2.75) is 0 Å². The average molecular weight is 436 g/mol. The Morgan fingerprint density at radius 3 is 2.79 bits per heavy atom. The molecule has 0 saturated heterocycles. The average Bonchev–Trinajstić information content (AvgIpc) is 2.42. The van der Waals surface area contributed by atoms with Crippen LogP contribution in [0.25, 0.3) is 11.0 Å². The van der Waals surface area contributed by atoms with E-state index in [-0.39, 0.29) is 6.01 Å². The van der Waals surface area contributed by atoms with Crippen LogP contribution in [-0.2, 0) is 0 Å². The molecule has 2 aromatic heterocycles. The van der Waals surface area contributed by atoms with E-state index in [1.807, 2.05) is 22.9 Å². The third-order valence-corrected chi connectivity index (χ3v) is 3.27. The van der Waals surface area contributed by atoms with Crippen molar-refractivity contribution < 1.29 is 4.74 Å². The summed E-state index contributed by atoms with van der Waals surface area (Å²) in [4.78, 5) is 8.11. The second-order valence-corrected chi connectivity index (χ2v) is 4.64. The second kappa shape index (κ2) is 3.93. The maximum Gasteiger partial charge on any atom is 0.319 e. The van der Waals surface area contributed by atoms with E-state index in [1.165, 1.54) is 7.11 Å². The molecule has 2 heterocycles. The Morgan fingerprint density at radius 2 is 2.14 bits per heavy atom. The van der Waals surface area contributed by atoms with Crippen LogP contribution in [-0.4, -0.2) is 25.1 Å². The van der Waals surface area contributed by atoms with Crippen LogP contribution >= 0.6 is 57.1 Å². The predicted octanol–water partition coefficient (Wildman–Crippen LogP) is 2.29. The minimum absolute atomic E-state index is 0.247. The monoisotopic (exact) mass is 436 g/mol. The first-order valence-electron chi connectivity index (χ1n) is 3.45. The molecule has 0 unspecified atom stereocenters. The smallest absolute Gasteiger partial charge is 0.319 e. The quantitative estimate of drug-likeness (QED) is 0.509. The third-order valence-electron chi connectivity index (χ3n) is 1.56. The highest BCUT2D eigenvalue weighted by molar-refractivity contribution is 14.1. The summed E-state index contributed by atoms with van der Waals surface area (Å²) in [5.74, 6) is 0. The molecule has 0 fully saturated rings. The Morgan fingerprint density at radius 1 is 1.43 bits per heavy atom. The molecular weight excluding hydrogens is 433 g/mol. The Labute approximate surface area is 112 Å². The molecule has 5 nitrogen and oxygen atoms in total. The van der Waals surface area contributed by atoms with Crippen molar-refractivity contribution >= 4 is 68.1 Å². The summed E-state index contributed by atoms with van der Waals surface area (Å²) >= 11 is 10.1. The van der Waals surface area contributed by atoms with Crippen molar-refractivity contribution in [3.63, 3.8) is 0 Å². The largest absolute Gasteiger partial charge is 0.467 e. The molecule has 74 valence electrons. The van der Waals surface area contributed by atoms with Crippen molar-refractivity contribution in [2.24, 2.45) is 0 Å². The Hall–Kier alpha value is 0.1000. The van der Waals surface area contributed by atoms with Crippen LogP contribution in [0.3, 0.4) is 0 Å². The van der Waals surface area contributed by atoms with E-state index in [0.717, 1.165) is 9.09 Å². The van der Waals surface area contributed by atoms with E-state index in [1.54, 1.807) is 2.90 Å². The molecule has 0 saturated carbocycles. The van der Waals surface area contributed by atoms with Gasteiger partial charge in [-0.25, -0.2) is 0 Å². The molecule has 0 atom stereocenters. The lowest BCUT2D eigenvalue weighted by Gasteiger charge is -1.98. The van der Waals surface area contributed by atoms with Gasteiger partial charge in [0.25, 0.3) is 0 Å². The number of hydrogen-bond donors (Lipinski definition) is 0. The van der Waals surface area contributed by atoms with E-state index in [4.69, 9.17) is 16.3 Å². The SMILES string of the molecule is COc1nc(Cl)c2c(I)nn(I)c2n1. The van der Waals surface area contributed by atoms with Gasteiger partial charge >= 0.3 is 6.01 Å².